The summed E-state index contributed by atoms with van der Waals surface area (Å²) in [6.45, 7) is 0. The Hall–Kier alpha value is -6.70. The number of fused-ring (bicyclic) bond motifs is 3. The van der Waals surface area contributed by atoms with Crippen LogP contribution in [0.3, 0.4) is 0 Å². The molecule has 0 aromatic heterocycles. The normalized spacial score (nSPS) is 13.1. The predicted molar refractivity (Wildman–Crippen MR) is 224 cm³/mol. The van der Waals surface area contributed by atoms with Crippen LogP contribution in [0.4, 0.5) is 11.4 Å². The van der Waals surface area contributed by atoms with E-state index in [9.17, 15) is 25.9 Å². The molecule has 0 amide bonds. The van der Waals surface area contributed by atoms with Gasteiger partial charge in [0.2, 0.25) is 0 Å². The average molecular weight is 789 g/mol. The van der Waals surface area contributed by atoms with Crippen molar-refractivity contribution < 1.29 is 35.4 Å². The molecule has 12 heteroatoms. The summed E-state index contributed by atoms with van der Waals surface area (Å²) in [4.78, 5) is -0.965. The Morgan fingerprint density at radius 3 is 1.44 bits per heavy atom. The smallest absolute Gasteiger partial charge is 0.298 e. The summed E-state index contributed by atoms with van der Waals surface area (Å²) in [6.07, 6.45) is 0.188. The summed E-state index contributed by atoms with van der Waals surface area (Å²) in [6, 6.07) is 36.0. The second-order valence-corrected chi connectivity index (χ2v) is 17.3. The van der Waals surface area contributed by atoms with Gasteiger partial charge in [0.15, 0.2) is 11.5 Å². The van der Waals surface area contributed by atoms with Gasteiger partial charge in [-0.25, -0.2) is 0 Å². The molecule has 1 aliphatic carbocycles. The Kier molecular flexibility index (Phi) is 6.74. The predicted octanol–water partition coefficient (Wildman–Crippen LogP) is 10.3. The van der Waals surface area contributed by atoms with E-state index in [-0.39, 0.29) is 22.8 Å². The van der Waals surface area contributed by atoms with E-state index in [4.69, 9.17) is 20.9 Å². The molecule has 0 aliphatic heterocycles. The number of hydrogen-bond acceptors (Lipinski definition) is 8. The number of hydrogen-bond donors (Lipinski definition) is 4. The van der Waals surface area contributed by atoms with E-state index in [2.05, 4.69) is 0 Å². The van der Waals surface area contributed by atoms with Gasteiger partial charge in [-0.15, -0.1) is 0 Å². The van der Waals surface area contributed by atoms with Crippen LogP contribution in [-0.4, -0.2) is 25.9 Å². The largest absolute Gasteiger partial charge is 0.452 e. The maximum Gasteiger partial charge on any atom is 0.298 e. The molecule has 0 fully saturated rings. The van der Waals surface area contributed by atoms with Gasteiger partial charge in [0, 0.05) is 55.7 Å². The van der Waals surface area contributed by atoms with Crippen molar-refractivity contribution >= 4 is 96.2 Å². The van der Waals surface area contributed by atoms with E-state index in [0.717, 1.165) is 59.2 Å². The molecule has 278 valence electrons. The zero-order chi connectivity index (χ0) is 39.1. The van der Waals surface area contributed by atoms with Crippen LogP contribution in [-0.2, 0) is 26.7 Å². The van der Waals surface area contributed by atoms with Gasteiger partial charge in [-0.05, 0) is 104 Å². The van der Waals surface area contributed by atoms with Crippen LogP contribution in [0.25, 0.3) is 75.8 Å². The summed E-state index contributed by atoms with van der Waals surface area (Å²) >= 11 is 0. The van der Waals surface area contributed by atoms with Crippen LogP contribution in [0.15, 0.2) is 131 Å². The van der Waals surface area contributed by atoms with Crippen molar-refractivity contribution in [2.24, 2.45) is 0 Å². The highest BCUT2D eigenvalue weighted by atomic mass is 32.2. The van der Waals surface area contributed by atoms with Gasteiger partial charge in [-0.1, -0.05) is 66.7 Å². The zero-order valence-electron chi connectivity index (χ0n) is 29.6. The zero-order valence-corrected chi connectivity index (χ0v) is 31.2. The minimum atomic E-state index is -5.03. The lowest BCUT2D eigenvalue weighted by Gasteiger charge is -2.21. The molecule has 0 saturated carbocycles. The molecule has 6 N–H and O–H groups in total. The van der Waals surface area contributed by atoms with E-state index >= 15 is 0 Å². The summed E-state index contributed by atoms with van der Waals surface area (Å²) in [5, 5.41) is 10.6. The van der Waals surface area contributed by atoms with Crippen LogP contribution < -0.4 is 20.9 Å². The van der Waals surface area contributed by atoms with E-state index in [1.807, 2.05) is 84.9 Å². The quantitative estimate of drug-likeness (QED) is 0.0719. The fraction of sp³-hybridized carbons (Fsp3) is 0.0222. The third-order valence-corrected chi connectivity index (χ3v) is 13.1. The number of rotatable bonds is 6. The van der Waals surface area contributed by atoms with Crippen molar-refractivity contribution in [2.75, 3.05) is 11.5 Å². The Balaban J connectivity index is 1.19. The molecule has 0 radical (unpaired) electrons. The van der Waals surface area contributed by atoms with Gasteiger partial charge in [-0.2, -0.15) is 16.8 Å². The van der Waals surface area contributed by atoms with Gasteiger partial charge in [0.25, 0.3) is 20.2 Å². The highest BCUT2D eigenvalue weighted by molar-refractivity contribution is 7.86. The molecule has 0 saturated heterocycles. The molecule has 10 nitrogen and oxygen atoms in total. The molecule has 0 spiro atoms. The van der Waals surface area contributed by atoms with Gasteiger partial charge in [-0.3, -0.25) is 9.11 Å². The fourth-order valence-corrected chi connectivity index (χ4v) is 9.91. The van der Waals surface area contributed by atoms with Crippen molar-refractivity contribution in [1.29, 1.82) is 0 Å². The van der Waals surface area contributed by atoms with Crippen molar-refractivity contribution in [3.05, 3.63) is 132 Å². The summed E-state index contributed by atoms with van der Waals surface area (Å²) in [7, 11) is -9.64. The molecule has 0 atom stereocenters. The lowest BCUT2D eigenvalue weighted by Crippen LogP contribution is -2.06. The van der Waals surface area contributed by atoms with Crippen molar-refractivity contribution in [3.63, 3.8) is 0 Å². The van der Waals surface area contributed by atoms with E-state index in [1.165, 1.54) is 18.2 Å². The third-order valence-electron chi connectivity index (χ3n) is 11.4. The molecule has 1 aliphatic rings. The minimum Gasteiger partial charge on any atom is -0.452 e. The highest BCUT2D eigenvalue weighted by Gasteiger charge is 2.34. The van der Waals surface area contributed by atoms with Gasteiger partial charge < -0.3 is 20.9 Å². The molecular formula is C45H28N2O8S2. The van der Waals surface area contributed by atoms with Crippen LogP contribution in [0.5, 0.6) is 23.0 Å². The third kappa shape index (κ3) is 4.88. The molecular weight excluding hydrogens is 761 g/mol. The first-order valence-corrected chi connectivity index (χ1v) is 20.8. The Labute approximate surface area is 324 Å². The second kappa shape index (κ2) is 11.4. The molecule has 0 unspecified atom stereocenters. The second-order valence-electron chi connectivity index (χ2n) is 14.5. The number of nitrogens with two attached hydrogens (primary N) is 2. The summed E-state index contributed by atoms with van der Waals surface area (Å²) < 4.78 is 85.9. The molecule has 11 rings (SSSR count). The first kappa shape index (κ1) is 33.6. The standard InChI is InChI=1S/C45H28N2O8S2/c46-35-15-6-22-1-3-24-8-17-37(30-13-11-28(35)40(22)42(24)30)54-44-34-19-26-5-10-27(56(48,49)50)20-32(26)33(34)21-39(57(51,52)53)45(44)55-38-18-9-25-4-2-23-7-16-36(47)29-12-14-31(38)43(25)41(23)29/h1-18,20-21H,19,46-47H2,(H,48,49,50)(H,51,52,53). The monoisotopic (exact) mass is 788 g/mol. The van der Waals surface area contributed by atoms with Gasteiger partial charge >= 0.3 is 0 Å². The van der Waals surface area contributed by atoms with Crippen LogP contribution >= 0.6 is 0 Å². The fourth-order valence-electron chi connectivity index (χ4n) is 8.77. The Bertz CT molecular complexity index is 3640. The number of nitrogen functional groups attached to an aromatic ring is 2. The van der Waals surface area contributed by atoms with E-state index < -0.39 is 25.1 Å². The van der Waals surface area contributed by atoms with Crippen LogP contribution in [0, 0.1) is 0 Å². The van der Waals surface area contributed by atoms with E-state index in [1.54, 1.807) is 18.2 Å². The molecule has 0 bridgehead atoms. The Morgan fingerprint density at radius 1 is 0.474 bits per heavy atom. The molecule has 10 aromatic carbocycles. The lowest BCUT2D eigenvalue weighted by molar-refractivity contribution is 0.406. The Morgan fingerprint density at radius 2 is 0.930 bits per heavy atom. The van der Waals surface area contributed by atoms with Crippen molar-refractivity contribution in [3.8, 4) is 34.1 Å². The summed E-state index contributed by atoms with van der Waals surface area (Å²) in [5.74, 6) is 0.418. The maximum absolute atomic E-state index is 13.5. The average Bonchev–Trinajstić information content (AvgIpc) is 3.56. The van der Waals surface area contributed by atoms with Crippen molar-refractivity contribution in [1.82, 2.24) is 0 Å². The summed E-state index contributed by atoms with van der Waals surface area (Å²) in [5.41, 5.74) is 15.8. The highest BCUT2D eigenvalue weighted by Crippen LogP contribution is 2.54. The topological polar surface area (TPSA) is 179 Å². The number of anilines is 2. The molecule has 0 heterocycles. The first-order chi connectivity index (χ1) is 27.3. The number of ether oxygens (including phenoxy) is 2. The molecule has 57 heavy (non-hydrogen) atoms. The minimum absolute atomic E-state index is 0.00853. The SMILES string of the molecule is Nc1ccc2ccc3ccc(Oc4c(S(=O)(=O)O)cc5c(c4Oc4ccc6ccc7ccc(N)c8ccc4c6c78)Cc4ccc(S(=O)(=O)O)cc4-5)c4ccc1c2c34. The molecule has 10 aromatic rings. The van der Waals surface area contributed by atoms with E-state index in [0.29, 0.717) is 50.5 Å². The van der Waals surface area contributed by atoms with Gasteiger partial charge in [0.1, 0.15) is 16.4 Å². The lowest BCUT2D eigenvalue weighted by atomic mass is 9.93. The maximum atomic E-state index is 13.5. The van der Waals surface area contributed by atoms with Gasteiger partial charge in [0.05, 0.1) is 4.90 Å². The first-order valence-electron chi connectivity index (χ1n) is 17.9. The van der Waals surface area contributed by atoms with Crippen LogP contribution in [0.1, 0.15) is 11.1 Å². The van der Waals surface area contributed by atoms with Crippen LogP contribution in [0.2, 0.25) is 0 Å². The van der Waals surface area contributed by atoms with Crippen molar-refractivity contribution in [2.45, 2.75) is 16.2 Å². The number of benzene rings is 10.